The van der Waals surface area contributed by atoms with Crippen LogP contribution in [0.25, 0.3) is 0 Å². The molecule has 1 aliphatic rings. The maximum absolute atomic E-state index is 12.0. The normalized spacial score (nSPS) is 16.9. The number of aryl methyl sites for hydroxylation is 2. The van der Waals surface area contributed by atoms with Crippen LogP contribution in [0.2, 0.25) is 0 Å². The fourth-order valence-corrected chi connectivity index (χ4v) is 1.95. The first-order chi connectivity index (χ1) is 7.54. The molecule has 1 amide bonds. The van der Waals surface area contributed by atoms with Crippen molar-refractivity contribution < 1.29 is 4.79 Å². The summed E-state index contributed by atoms with van der Waals surface area (Å²) in [7, 11) is 0. The second-order valence-electron chi connectivity index (χ2n) is 4.81. The van der Waals surface area contributed by atoms with Crippen LogP contribution in [0, 0.1) is 13.8 Å². The van der Waals surface area contributed by atoms with Gasteiger partial charge in [0.1, 0.15) is 0 Å². The number of hydrogen-bond acceptors (Lipinski definition) is 2. The average Bonchev–Trinajstić information content (AvgIpc) is 2.97. The van der Waals surface area contributed by atoms with Crippen molar-refractivity contribution in [2.24, 2.45) is 5.73 Å². The Morgan fingerprint density at radius 1 is 1.31 bits per heavy atom. The van der Waals surface area contributed by atoms with Gasteiger partial charge in [-0.15, -0.1) is 0 Å². The van der Waals surface area contributed by atoms with Crippen LogP contribution in [0.15, 0.2) is 18.2 Å². The summed E-state index contributed by atoms with van der Waals surface area (Å²) in [4.78, 5) is 12.0. The van der Waals surface area contributed by atoms with Crippen molar-refractivity contribution >= 4 is 5.91 Å². The predicted molar refractivity (Wildman–Crippen MR) is 64.4 cm³/mol. The van der Waals surface area contributed by atoms with Crippen molar-refractivity contribution in [2.75, 3.05) is 6.54 Å². The van der Waals surface area contributed by atoms with E-state index in [2.05, 4.69) is 11.4 Å². The highest BCUT2D eigenvalue weighted by molar-refractivity contribution is 5.95. The Morgan fingerprint density at radius 3 is 2.31 bits per heavy atom. The minimum absolute atomic E-state index is 0.00486. The van der Waals surface area contributed by atoms with Gasteiger partial charge in [0.2, 0.25) is 0 Å². The monoisotopic (exact) mass is 218 g/mol. The number of amides is 1. The quantitative estimate of drug-likeness (QED) is 0.808. The van der Waals surface area contributed by atoms with Gasteiger partial charge in [-0.05, 0) is 38.8 Å². The Labute approximate surface area is 96.0 Å². The standard InChI is InChI=1S/C13H18N2O/c1-9-5-10(2)7-11(6-9)12(16)15-13(8-14)3-4-13/h5-7H,3-4,8,14H2,1-2H3,(H,15,16). The highest BCUT2D eigenvalue weighted by Gasteiger charge is 2.42. The lowest BCUT2D eigenvalue weighted by Gasteiger charge is -2.15. The van der Waals surface area contributed by atoms with Crippen LogP contribution in [0.1, 0.15) is 34.3 Å². The summed E-state index contributed by atoms with van der Waals surface area (Å²) in [6.07, 6.45) is 2.00. The molecule has 0 aromatic heterocycles. The molecule has 1 aromatic rings. The molecule has 0 unspecified atom stereocenters. The maximum Gasteiger partial charge on any atom is 0.251 e. The zero-order valence-corrected chi connectivity index (χ0v) is 9.84. The van der Waals surface area contributed by atoms with Gasteiger partial charge in [-0.25, -0.2) is 0 Å². The third kappa shape index (κ3) is 2.25. The molecule has 1 fully saturated rings. The Bertz CT molecular complexity index is 402. The summed E-state index contributed by atoms with van der Waals surface area (Å²) < 4.78 is 0. The average molecular weight is 218 g/mol. The van der Waals surface area contributed by atoms with E-state index < -0.39 is 0 Å². The number of hydrogen-bond donors (Lipinski definition) is 2. The van der Waals surface area contributed by atoms with Crippen LogP contribution in [-0.2, 0) is 0 Å². The molecular weight excluding hydrogens is 200 g/mol. The van der Waals surface area contributed by atoms with E-state index in [9.17, 15) is 4.79 Å². The largest absolute Gasteiger partial charge is 0.345 e. The Morgan fingerprint density at radius 2 is 1.88 bits per heavy atom. The highest BCUT2D eigenvalue weighted by Crippen LogP contribution is 2.34. The first-order valence-electron chi connectivity index (χ1n) is 5.66. The summed E-state index contributed by atoms with van der Waals surface area (Å²) in [6, 6.07) is 5.89. The molecule has 86 valence electrons. The van der Waals surface area contributed by atoms with Crippen LogP contribution in [0.5, 0.6) is 0 Å². The molecule has 1 aliphatic carbocycles. The van der Waals surface area contributed by atoms with Crippen molar-refractivity contribution in [1.29, 1.82) is 0 Å². The number of nitrogens with one attached hydrogen (secondary N) is 1. The van der Waals surface area contributed by atoms with Crippen molar-refractivity contribution in [2.45, 2.75) is 32.2 Å². The minimum atomic E-state index is -0.116. The van der Waals surface area contributed by atoms with E-state index in [-0.39, 0.29) is 11.4 Å². The third-order valence-electron chi connectivity index (χ3n) is 3.11. The van der Waals surface area contributed by atoms with Gasteiger partial charge in [-0.2, -0.15) is 0 Å². The Hall–Kier alpha value is -1.35. The van der Waals surface area contributed by atoms with Crippen LogP contribution < -0.4 is 11.1 Å². The molecule has 0 aliphatic heterocycles. The molecule has 0 saturated heterocycles. The highest BCUT2D eigenvalue weighted by atomic mass is 16.1. The van der Waals surface area contributed by atoms with Crippen LogP contribution >= 0.6 is 0 Å². The van der Waals surface area contributed by atoms with E-state index in [1.54, 1.807) is 0 Å². The summed E-state index contributed by atoms with van der Waals surface area (Å²) in [5.74, 6) is -0.00486. The van der Waals surface area contributed by atoms with Gasteiger partial charge in [0.05, 0.1) is 5.54 Å². The van der Waals surface area contributed by atoms with Crippen molar-refractivity contribution in [3.8, 4) is 0 Å². The van der Waals surface area contributed by atoms with E-state index in [1.807, 2.05) is 26.0 Å². The fraction of sp³-hybridized carbons (Fsp3) is 0.462. The SMILES string of the molecule is Cc1cc(C)cc(C(=O)NC2(CN)CC2)c1. The number of carbonyl (C=O) groups excluding carboxylic acids is 1. The number of benzene rings is 1. The lowest BCUT2D eigenvalue weighted by atomic mass is 10.1. The lowest BCUT2D eigenvalue weighted by Crippen LogP contribution is -2.42. The predicted octanol–water partition coefficient (Wildman–Crippen LogP) is 1.52. The fourth-order valence-electron chi connectivity index (χ4n) is 1.95. The molecule has 0 atom stereocenters. The van der Waals surface area contributed by atoms with Gasteiger partial charge in [0.15, 0.2) is 0 Å². The van der Waals surface area contributed by atoms with Crippen molar-refractivity contribution in [3.63, 3.8) is 0 Å². The van der Waals surface area contributed by atoms with Gasteiger partial charge in [-0.3, -0.25) is 4.79 Å². The molecule has 0 spiro atoms. The molecule has 2 rings (SSSR count). The van der Waals surface area contributed by atoms with Gasteiger partial charge in [-0.1, -0.05) is 17.2 Å². The molecule has 0 radical (unpaired) electrons. The van der Waals surface area contributed by atoms with Crippen LogP contribution in [-0.4, -0.2) is 18.0 Å². The molecule has 1 aromatic carbocycles. The topological polar surface area (TPSA) is 55.1 Å². The van der Waals surface area contributed by atoms with Gasteiger partial charge in [0.25, 0.3) is 5.91 Å². The van der Waals surface area contributed by atoms with Gasteiger partial charge < -0.3 is 11.1 Å². The van der Waals surface area contributed by atoms with E-state index in [4.69, 9.17) is 5.73 Å². The summed E-state index contributed by atoms with van der Waals surface area (Å²) in [6.45, 7) is 4.53. The van der Waals surface area contributed by atoms with E-state index >= 15 is 0 Å². The van der Waals surface area contributed by atoms with Crippen molar-refractivity contribution in [3.05, 3.63) is 34.9 Å². The second kappa shape index (κ2) is 3.91. The van der Waals surface area contributed by atoms with Crippen molar-refractivity contribution in [1.82, 2.24) is 5.32 Å². The van der Waals surface area contributed by atoms with E-state index in [0.29, 0.717) is 6.54 Å². The Balaban J connectivity index is 2.14. The first kappa shape index (κ1) is 11.1. The second-order valence-corrected chi connectivity index (χ2v) is 4.81. The first-order valence-corrected chi connectivity index (χ1v) is 5.66. The zero-order chi connectivity index (χ0) is 11.8. The summed E-state index contributed by atoms with van der Waals surface area (Å²) in [5, 5.41) is 3.02. The Kier molecular flexibility index (Phi) is 2.72. The zero-order valence-electron chi connectivity index (χ0n) is 9.84. The molecule has 0 heterocycles. The van der Waals surface area contributed by atoms with Crippen LogP contribution in [0.4, 0.5) is 0 Å². The molecule has 3 N–H and O–H groups in total. The smallest absolute Gasteiger partial charge is 0.251 e. The van der Waals surface area contributed by atoms with E-state index in [0.717, 1.165) is 29.5 Å². The minimum Gasteiger partial charge on any atom is -0.345 e. The molecule has 16 heavy (non-hydrogen) atoms. The lowest BCUT2D eigenvalue weighted by molar-refractivity contribution is 0.0933. The van der Waals surface area contributed by atoms with Crippen LogP contribution in [0.3, 0.4) is 0 Å². The van der Waals surface area contributed by atoms with Gasteiger partial charge in [0, 0.05) is 12.1 Å². The molecule has 3 heteroatoms. The number of rotatable bonds is 3. The maximum atomic E-state index is 12.0. The third-order valence-corrected chi connectivity index (χ3v) is 3.11. The van der Waals surface area contributed by atoms with Gasteiger partial charge >= 0.3 is 0 Å². The van der Waals surface area contributed by atoms with E-state index in [1.165, 1.54) is 0 Å². The molecule has 1 saturated carbocycles. The summed E-state index contributed by atoms with van der Waals surface area (Å²) >= 11 is 0. The summed E-state index contributed by atoms with van der Waals surface area (Å²) in [5.41, 5.74) is 8.48. The number of carbonyl (C=O) groups is 1. The molecule has 3 nitrogen and oxygen atoms in total. The molecular formula is C13H18N2O. The number of nitrogens with two attached hydrogens (primary N) is 1. The molecule has 0 bridgehead atoms.